The molecule has 29 heteroatoms. The molecule has 1 aliphatic heterocycles. The van der Waals surface area contributed by atoms with Crippen LogP contribution in [0, 0.1) is 11.3 Å². The molecule has 1 aromatic carbocycles. The summed E-state index contributed by atoms with van der Waals surface area (Å²) in [6.07, 6.45) is 2.13. The summed E-state index contributed by atoms with van der Waals surface area (Å²) in [6.45, 7) is 8.93. The van der Waals surface area contributed by atoms with Crippen LogP contribution in [0.5, 0.6) is 0 Å². The summed E-state index contributed by atoms with van der Waals surface area (Å²) in [7, 11) is 1.62. The molecule has 0 saturated carbocycles. The molecule has 28 nitrogen and oxygen atoms in total. The molecule has 1 aromatic rings. The van der Waals surface area contributed by atoms with Crippen molar-refractivity contribution in [2.75, 3.05) is 144 Å². The van der Waals surface area contributed by atoms with Gasteiger partial charge in [-0.3, -0.25) is 43.9 Å². The molecule has 3 atom stereocenters. The van der Waals surface area contributed by atoms with Crippen molar-refractivity contribution in [1.29, 1.82) is 5.41 Å². The zero-order valence-electron chi connectivity index (χ0n) is 44.7. The Labute approximate surface area is 468 Å². The molecule has 440 valence electrons. The number of nitrogens with one attached hydrogen (secondary N) is 8. The maximum Gasteiger partial charge on any atom is 0.407 e. The number of guanidine groups is 1. The third kappa shape index (κ3) is 33.6. The maximum absolute atomic E-state index is 13.5. The Morgan fingerprint density at radius 3 is 1.67 bits per heavy atom. The van der Waals surface area contributed by atoms with E-state index in [0.29, 0.717) is 97.0 Å². The number of amides is 8. The summed E-state index contributed by atoms with van der Waals surface area (Å²) < 4.78 is 53.4. The number of nitrogens with two attached hydrogens (primary N) is 1. The second-order valence-corrected chi connectivity index (χ2v) is 17.9. The van der Waals surface area contributed by atoms with E-state index in [1.54, 1.807) is 54.4 Å². The molecule has 0 radical (unpaired) electrons. The van der Waals surface area contributed by atoms with Crippen LogP contribution in [0.2, 0.25) is 0 Å². The number of rotatable bonds is 46. The molecular weight excluding hydrogens is 1140 g/mol. The van der Waals surface area contributed by atoms with Crippen LogP contribution in [0.1, 0.15) is 45.1 Å². The molecule has 0 aliphatic carbocycles. The second-order valence-electron chi connectivity index (χ2n) is 17.3. The first-order valence-corrected chi connectivity index (χ1v) is 26.4. The fourth-order valence-corrected chi connectivity index (χ4v) is 6.94. The zero-order chi connectivity index (χ0) is 57.2. The summed E-state index contributed by atoms with van der Waals surface area (Å²) in [6, 6.07) is 2.93. The average Bonchev–Trinajstić information content (AvgIpc) is 3.73. The second kappa shape index (κ2) is 43.3. The Kier molecular flexibility index (Phi) is 38.0. The number of anilines is 1. The lowest BCUT2D eigenvalue weighted by Crippen LogP contribution is -2.56. The predicted octanol–water partition coefficient (Wildman–Crippen LogP) is -0.824. The van der Waals surface area contributed by atoms with Crippen molar-refractivity contribution < 1.29 is 84.1 Å². The Morgan fingerprint density at radius 2 is 1.15 bits per heavy atom. The molecule has 0 spiro atoms. The number of carbonyl (C=O) groups is 8. The van der Waals surface area contributed by atoms with E-state index in [1.165, 1.54) is 0 Å². The number of imide groups is 1. The molecule has 1 aliphatic rings. The average molecular weight is 1220 g/mol. The van der Waals surface area contributed by atoms with Gasteiger partial charge in [0, 0.05) is 51.0 Å². The van der Waals surface area contributed by atoms with Crippen LogP contribution in [-0.4, -0.2) is 215 Å². The minimum Gasteiger partial charge on any atom is -0.445 e. The first-order valence-electron chi connectivity index (χ1n) is 25.5. The van der Waals surface area contributed by atoms with Gasteiger partial charge in [0.1, 0.15) is 47.7 Å². The maximum atomic E-state index is 13.5. The Balaban J connectivity index is 1.72. The van der Waals surface area contributed by atoms with E-state index in [9.17, 15) is 38.4 Å². The molecule has 78 heavy (non-hydrogen) atoms. The number of halogens is 1. The fraction of sp³-hybridized carbons (Fsp3) is 0.653. The summed E-state index contributed by atoms with van der Waals surface area (Å²) >= 11 is 1.56. The van der Waals surface area contributed by atoms with Crippen LogP contribution in [0.3, 0.4) is 0 Å². The van der Waals surface area contributed by atoms with Crippen molar-refractivity contribution in [3.63, 3.8) is 0 Å². The van der Waals surface area contributed by atoms with Gasteiger partial charge in [0.05, 0.1) is 112 Å². The minimum absolute atomic E-state index is 0.00864. The fourth-order valence-electron chi connectivity index (χ4n) is 6.59. The lowest BCUT2D eigenvalue weighted by atomic mass is 10.0. The largest absolute Gasteiger partial charge is 0.445 e. The van der Waals surface area contributed by atoms with E-state index in [2.05, 4.69) is 37.2 Å². The van der Waals surface area contributed by atoms with Gasteiger partial charge in [0.15, 0.2) is 5.96 Å². The smallest absolute Gasteiger partial charge is 0.407 e. The molecule has 10 N–H and O–H groups in total. The molecule has 0 saturated heterocycles. The molecular formula is C49H79IN10O18. The van der Waals surface area contributed by atoms with Crippen LogP contribution in [0.4, 0.5) is 10.5 Å². The van der Waals surface area contributed by atoms with E-state index >= 15 is 0 Å². The molecule has 0 aromatic heterocycles. The van der Waals surface area contributed by atoms with Crippen LogP contribution >= 0.6 is 23.0 Å². The topological polar surface area (TPSA) is 366 Å². The molecule has 8 amide bonds. The highest BCUT2D eigenvalue weighted by Gasteiger charge is 2.29. The van der Waals surface area contributed by atoms with Crippen LogP contribution in [-0.2, 0) is 85.9 Å². The van der Waals surface area contributed by atoms with E-state index in [0.717, 1.165) is 17.1 Å². The third-order valence-corrected chi connectivity index (χ3v) is 10.9. The Bertz CT molecular complexity index is 1970. The van der Waals surface area contributed by atoms with Crippen molar-refractivity contribution in [2.45, 2.75) is 64.3 Å². The van der Waals surface area contributed by atoms with Gasteiger partial charge in [0.2, 0.25) is 29.5 Å². The summed E-state index contributed by atoms with van der Waals surface area (Å²) in [5, 5.41) is 25.6. The molecule has 0 fully saturated rings. The van der Waals surface area contributed by atoms with Crippen LogP contribution in [0.25, 0.3) is 0 Å². The summed E-state index contributed by atoms with van der Waals surface area (Å²) in [5.41, 5.74) is 6.30. The molecule has 0 bridgehead atoms. The van der Waals surface area contributed by atoms with Gasteiger partial charge in [-0.05, 0) is 42.9 Å². The van der Waals surface area contributed by atoms with E-state index in [-0.39, 0.29) is 83.8 Å². The Hall–Kier alpha value is -5.64. The highest BCUT2D eigenvalue weighted by Crippen LogP contribution is 2.13. The first kappa shape index (κ1) is 68.5. The Morgan fingerprint density at radius 1 is 0.628 bits per heavy atom. The minimum atomic E-state index is -1.27. The number of hydrogen-bond donors (Lipinski definition) is 9. The molecule has 1 heterocycles. The van der Waals surface area contributed by atoms with Crippen LogP contribution in [0.15, 0.2) is 36.4 Å². The van der Waals surface area contributed by atoms with Crippen LogP contribution < -0.4 is 43.0 Å². The lowest BCUT2D eigenvalue weighted by Gasteiger charge is -2.24. The van der Waals surface area contributed by atoms with Gasteiger partial charge in [-0.15, -0.1) is 0 Å². The van der Waals surface area contributed by atoms with Crippen molar-refractivity contribution in [3.05, 3.63) is 42.0 Å². The monoisotopic (exact) mass is 1220 g/mol. The summed E-state index contributed by atoms with van der Waals surface area (Å²) in [5.74, 6) is -4.44. The van der Waals surface area contributed by atoms with Crippen molar-refractivity contribution in [1.82, 2.24) is 36.8 Å². The van der Waals surface area contributed by atoms with Crippen molar-refractivity contribution >= 4 is 82.1 Å². The van der Waals surface area contributed by atoms with Gasteiger partial charge >= 0.3 is 6.09 Å². The number of benzene rings is 1. The number of carbonyl (C=O) groups excluding carboxylic acids is 8. The van der Waals surface area contributed by atoms with Gasteiger partial charge in [-0.1, -0.05) is 26.0 Å². The van der Waals surface area contributed by atoms with Gasteiger partial charge in [-0.25, -0.2) is 4.79 Å². The van der Waals surface area contributed by atoms with Gasteiger partial charge in [0.25, 0.3) is 11.8 Å². The number of nitrogens with zero attached hydrogens (tertiary/aromatic N) is 1. The van der Waals surface area contributed by atoms with Gasteiger partial charge in [-0.2, -0.15) is 0 Å². The molecule has 0 unspecified atom stereocenters. The SMILES string of the molecule is COCCOCCOCCOCCOCCOCCOCCOCCC(=O)N[C@@H](CC(C)C)C(=O)N[C@@H](COI)C(=O)NCC(=O)N[C@@H](CCCNC(=N)N)C(=O)Nc1ccc(COC(=O)NCCN2C(=O)C=CC2=O)cc1. The highest BCUT2D eigenvalue weighted by atomic mass is 127. The lowest BCUT2D eigenvalue weighted by molar-refractivity contribution is -0.136. The van der Waals surface area contributed by atoms with Gasteiger partial charge < -0.3 is 88.6 Å². The van der Waals surface area contributed by atoms with E-state index in [4.69, 9.17) is 56.8 Å². The third-order valence-electron chi connectivity index (χ3n) is 10.5. The standard InChI is InChI=1S/C49H79IN10O18/c1-35(2)31-39(58-41(61)12-16-70-19-20-72-23-24-74-27-28-76-30-29-75-26-25-73-22-21-71-18-17-69-3)47(67)59-40(34-78-50)45(65)55-32-42(62)57-38(5-4-13-53-48(51)52)46(66)56-37-8-6-36(7-9-37)33-77-49(68)54-14-15-60-43(63)10-11-44(60)64/h6-11,35,38-40H,4-5,12-34H2,1-3H3,(H,54,68)(H,55,65)(H,56,66)(H,57,62)(H,58,61)(H,59,67)(H4,51,52,53)/t38-,39-,40-/m0/s1. The number of alkyl carbamates (subject to hydrolysis) is 1. The summed E-state index contributed by atoms with van der Waals surface area (Å²) in [4.78, 5) is 103. The van der Waals surface area contributed by atoms with E-state index in [1.807, 2.05) is 13.8 Å². The quantitative estimate of drug-likeness (QED) is 0.0127. The van der Waals surface area contributed by atoms with E-state index < -0.39 is 72.1 Å². The number of ether oxygens (including phenoxy) is 9. The number of hydrogen-bond acceptors (Lipinski definition) is 19. The first-order chi connectivity index (χ1) is 37.6. The normalized spacial score (nSPS) is 13.2. The number of methoxy groups -OCH3 is 1. The predicted molar refractivity (Wildman–Crippen MR) is 289 cm³/mol. The zero-order valence-corrected chi connectivity index (χ0v) is 46.9. The molecule has 2 rings (SSSR count). The van der Waals surface area contributed by atoms with Crippen molar-refractivity contribution in [2.24, 2.45) is 11.7 Å². The van der Waals surface area contributed by atoms with Crippen molar-refractivity contribution in [3.8, 4) is 0 Å². The highest BCUT2D eigenvalue weighted by molar-refractivity contribution is 14.1.